The van der Waals surface area contributed by atoms with Crippen molar-refractivity contribution in [3.63, 3.8) is 0 Å². The van der Waals surface area contributed by atoms with Crippen molar-refractivity contribution in [3.05, 3.63) is 54.1 Å². The summed E-state index contributed by atoms with van der Waals surface area (Å²) < 4.78 is 65.6. The van der Waals surface area contributed by atoms with E-state index in [1.807, 2.05) is 0 Å². The number of hydrogen-bond acceptors (Lipinski definition) is 6. The largest absolute Gasteiger partial charge is 0.475 e. The van der Waals surface area contributed by atoms with Gasteiger partial charge < -0.3 is 24.6 Å². The monoisotopic (exact) mass is 447 g/mol. The average molecular weight is 447 g/mol. The number of halogens is 3. The van der Waals surface area contributed by atoms with Gasteiger partial charge in [0.05, 0.1) is 5.56 Å². The highest BCUT2D eigenvalue weighted by Crippen LogP contribution is 2.47. The Kier molecular flexibility index (Phi) is 7.52. The first kappa shape index (κ1) is 23.7. The zero-order valence-corrected chi connectivity index (χ0v) is 17.0. The van der Waals surface area contributed by atoms with Crippen molar-refractivity contribution in [2.24, 2.45) is 5.73 Å². The number of rotatable bonds is 8. The zero-order chi connectivity index (χ0) is 22.5. The lowest BCUT2D eigenvalue weighted by molar-refractivity contribution is -0.142. The molecule has 11 heteroatoms. The van der Waals surface area contributed by atoms with Gasteiger partial charge in [0, 0.05) is 0 Å². The number of para-hydroxylation sites is 2. The molecule has 0 saturated heterocycles. The molecule has 0 bridgehead atoms. The number of hydrogen-bond donors (Lipinski definition) is 2. The number of benzene rings is 2. The molecule has 0 fully saturated rings. The Hall–Kier alpha value is -2.55. The minimum Gasteiger partial charge on any atom is -0.475 e. The van der Waals surface area contributed by atoms with Gasteiger partial charge in [-0.1, -0.05) is 19.1 Å². The zero-order valence-electron chi connectivity index (χ0n) is 16.1. The second kappa shape index (κ2) is 9.51. The molecule has 2 aromatic carbocycles. The Morgan fingerprint density at radius 1 is 1.13 bits per heavy atom. The van der Waals surface area contributed by atoms with Crippen molar-refractivity contribution in [2.45, 2.75) is 38.3 Å². The number of carbonyl (C=O) groups excluding carboxylic acids is 1. The third-order valence-corrected chi connectivity index (χ3v) is 5.60. The van der Waals surface area contributed by atoms with E-state index >= 15 is 0 Å². The highest BCUT2D eigenvalue weighted by atomic mass is 31.2. The number of ether oxygens (including phenoxy) is 2. The summed E-state index contributed by atoms with van der Waals surface area (Å²) in [6, 6.07) is 10.1. The Bertz CT molecular complexity index is 919. The number of carbonyl (C=O) groups is 1. The van der Waals surface area contributed by atoms with E-state index in [2.05, 4.69) is 4.52 Å². The molecule has 0 aliphatic rings. The standard InChI is InChI=1S/C19H21F3NO6P/c1-3-17(23)30(25,26)29-18(24)12(2)27-15-6-4-5-7-16(15)28-14-10-8-13(9-11-14)19(20,21)22/h4-12,17H,3,23H2,1-2H3,(H,25,26). The van der Waals surface area contributed by atoms with E-state index in [-0.39, 0.29) is 23.7 Å². The number of nitrogens with two attached hydrogens (primary N) is 1. The molecule has 30 heavy (non-hydrogen) atoms. The Morgan fingerprint density at radius 2 is 1.70 bits per heavy atom. The fraction of sp³-hybridized carbons (Fsp3) is 0.316. The van der Waals surface area contributed by atoms with Crippen LogP contribution in [-0.2, 0) is 20.1 Å². The van der Waals surface area contributed by atoms with Crippen molar-refractivity contribution in [2.75, 3.05) is 0 Å². The third kappa shape index (κ3) is 6.22. The Morgan fingerprint density at radius 3 is 2.23 bits per heavy atom. The van der Waals surface area contributed by atoms with Gasteiger partial charge in [0.15, 0.2) is 17.6 Å². The van der Waals surface area contributed by atoms with Gasteiger partial charge in [-0.05, 0) is 49.7 Å². The molecule has 0 aliphatic carbocycles. The predicted molar refractivity (Wildman–Crippen MR) is 102 cm³/mol. The molecule has 3 atom stereocenters. The van der Waals surface area contributed by atoms with Crippen LogP contribution in [0.4, 0.5) is 13.2 Å². The van der Waals surface area contributed by atoms with E-state index in [0.29, 0.717) is 0 Å². The summed E-state index contributed by atoms with van der Waals surface area (Å²) in [5.41, 5.74) is 4.65. The van der Waals surface area contributed by atoms with Crippen molar-refractivity contribution < 1.29 is 41.4 Å². The molecule has 2 aromatic rings. The van der Waals surface area contributed by atoms with Crippen LogP contribution in [0.3, 0.4) is 0 Å². The lowest BCUT2D eigenvalue weighted by atomic mass is 10.2. The lowest BCUT2D eigenvalue weighted by Gasteiger charge is -2.21. The molecule has 7 nitrogen and oxygen atoms in total. The summed E-state index contributed by atoms with van der Waals surface area (Å²) in [6.45, 7) is 2.87. The fourth-order valence-electron chi connectivity index (χ4n) is 2.21. The first-order chi connectivity index (χ1) is 13.9. The van der Waals surface area contributed by atoms with E-state index in [1.165, 1.54) is 19.1 Å². The number of alkyl halides is 3. The van der Waals surface area contributed by atoms with Gasteiger partial charge in [-0.25, -0.2) is 9.36 Å². The van der Waals surface area contributed by atoms with Crippen molar-refractivity contribution in [1.29, 1.82) is 0 Å². The predicted octanol–water partition coefficient (Wildman–Crippen LogP) is 4.69. The quantitative estimate of drug-likeness (QED) is 0.566. The molecule has 0 amide bonds. The minimum atomic E-state index is -4.47. The van der Waals surface area contributed by atoms with Crippen LogP contribution < -0.4 is 15.2 Å². The molecule has 164 valence electrons. The second-order valence-corrected chi connectivity index (χ2v) is 8.26. The molecule has 0 aliphatic heterocycles. The molecule has 2 rings (SSSR count). The van der Waals surface area contributed by atoms with Gasteiger partial charge in [0.25, 0.3) is 0 Å². The average Bonchev–Trinajstić information content (AvgIpc) is 2.68. The Balaban J connectivity index is 2.11. The molecule has 0 aromatic heterocycles. The maximum atomic E-state index is 12.7. The van der Waals surface area contributed by atoms with Crippen molar-refractivity contribution in [1.82, 2.24) is 0 Å². The van der Waals surface area contributed by atoms with Crippen LogP contribution in [0.15, 0.2) is 48.5 Å². The first-order valence-corrected chi connectivity index (χ1v) is 10.5. The molecule has 0 heterocycles. The van der Waals surface area contributed by atoms with Crippen LogP contribution in [0.1, 0.15) is 25.8 Å². The third-order valence-electron chi connectivity index (χ3n) is 3.95. The van der Waals surface area contributed by atoms with Gasteiger partial charge in [-0.3, -0.25) is 0 Å². The van der Waals surface area contributed by atoms with E-state index in [0.717, 1.165) is 24.3 Å². The minimum absolute atomic E-state index is 0.0782. The van der Waals surface area contributed by atoms with Gasteiger partial charge in [-0.2, -0.15) is 13.2 Å². The van der Waals surface area contributed by atoms with Crippen molar-refractivity contribution >= 4 is 13.6 Å². The molecular weight excluding hydrogens is 426 g/mol. The molecular formula is C19H21F3NO6P. The summed E-state index contributed by atoms with van der Waals surface area (Å²) in [5, 5.41) is 0. The normalized spacial score (nSPS) is 15.6. The van der Waals surface area contributed by atoms with Gasteiger partial charge in [0.2, 0.25) is 0 Å². The molecule has 0 spiro atoms. The van der Waals surface area contributed by atoms with E-state index in [1.54, 1.807) is 19.1 Å². The van der Waals surface area contributed by atoms with Crippen LogP contribution in [0.25, 0.3) is 0 Å². The van der Waals surface area contributed by atoms with Gasteiger partial charge >= 0.3 is 19.7 Å². The van der Waals surface area contributed by atoms with Gasteiger partial charge in [0.1, 0.15) is 11.5 Å². The highest BCUT2D eigenvalue weighted by molar-refractivity contribution is 7.54. The highest BCUT2D eigenvalue weighted by Gasteiger charge is 2.34. The second-order valence-electron chi connectivity index (χ2n) is 6.28. The van der Waals surface area contributed by atoms with Crippen LogP contribution >= 0.6 is 7.60 Å². The van der Waals surface area contributed by atoms with Crippen LogP contribution in [0, 0.1) is 0 Å². The lowest BCUT2D eigenvalue weighted by Crippen LogP contribution is -2.29. The van der Waals surface area contributed by atoms with E-state index < -0.39 is 37.2 Å². The summed E-state index contributed by atoms with van der Waals surface area (Å²) in [7, 11) is -4.36. The fourth-order valence-corrected chi connectivity index (χ4v) is 3.21. The maximum Gasteiger partial charge on any atom is 0.416 e. The Labute approximate surface area is 171 Å². The summed E-state index contributed by atoms with van der Waals surface area (Å²) in [6.07, 6.45) is -5.63. The van der Waals surface area contributed by atoms with Crippen molar-refractivity contribution in [3.8, 4) is 17.2 Å². The van der Waals surface area contributed by atoms with Crippen LogP contribution in [0.2, 0.25) is 0 Å². The molecule has 3 N–H and O–H groups in total. The summed E-state index contributed by atoms with van der Waals surface area (Å²) >= 11 is 0. The first-order valence-electron chi connectivity index (χ1n) is 8.86. The summed E-state index contributed by atoms with van der Waals surface area (Å²) in [4.78, 5) is 21.8. The molecule has 3 unspecified atom stereocenters. The topological polar surface area (TPSA) is 108 Å². The van der Waals surface area contributed by atoms with Gasteiger partial charge in [-0.15, -0.1) is 0 Å². The van der Waals surface area contributed by atoms with E-state index in [4.69, 9.17) is 15.2 Å². The molecule has 0 saturated carbocycles. The van der Waals surface area contributed by atoms with Crippen LogP contribution in [0.5, 0.6) is 17.2 Å². The summed E-state index contributed by atoms with van der Waals surface area (Å²) in [5.74, 6) is -2.01. The SMILES string of the molecule is CCC(N)P(=O)(O)OC(=O)C(C)Oc1ccccc1Oc1ccc(C(F)(F)F)cc1. The van der Waals surface area contributed by atoms with E-state index in [9.17, 15) is 27.4 Å². The molecule has 0 radical (unpaired) electrons. The smallest absolute Gasteiger partial charge is 0.416 e. The maximum absolute atomic E-state index is 12.7. The van der Waals surface area contributed by atoms with Crippen LogP contribution in [-0.4, -0.2) is 22.7 Å².